The molecular weight excluding hydrogens is 370 g/mol. The summed E-state index contributed by atoms with van der Waals surface area (Å²) in [4.78, 5) is 21.9. The van der Waals surface area contributed by atoms with E-state index in [1.165, 1.54) is 17.6 Å². The summed E-state index contributed by atoms with van der Waals surface area (Å²) in [7, 11) is 0. The van der Waals surface area contributed by atoms with Crippen molar-refractivity contribution in [2.75, 3.05) is 13.1 Å². The summed E-state index contributed by atoms with van der Waals surface area (Å²) in [6.07, 6.45) is -1.96. The van der Waals surface area contributed by atoms with Gasteiger partial charge in [-0.1, -0.05) is 11.7 Å². The Kier molecular flexibility index (Phi) is 4.98. The number of alkyl halides is 3. The Hall–Kier alpha value is -3.17. The van der Waals surface area contributed by atoms with Crippen LogP contribution in [0.25, 0.3) is 0 Å². The standard InChI is InChI=1S/C17H13F4N3O3/c1-10(18)16(25)24-6-11(7-24)15(14-8-26-9-22-14)23-27-13-4-2-12(3-5-13)17(19,20)21/h2-5,8-9,11H,1,6-7H2. The van der Waals surface area contributed by atoms with Crippen LogP contribution in [-0.4, -0.2) is 34.6 Å². The Labute approximate surface area is 150 Å². The number of likely N-dealkylation sites (tertiary alicyclic amines) is 1. The van der Waals surface area contributed by atoms with Gasteiger partial charge >= 0.3 is 6.18 Å². The van der Waals surface area contributed by atoms with Crippen molar-refractivity contribution < 1.29 is 31.6 Å². The number of nitrogens with zero attached hydrogens (tertiary/aromatic N) is 3. The van der Waals surface area contributed by atoms with Crippen molar-refractivity contribution in [3.63, 3.8) is 0 Å². The number of rotatable bonds is 5. The SMILES string of the molecule is C=C(F)C(=O)N1CC(C(=NOc2ccc(C(F)(F)F)cc2)c2cocn2)C1. The largest absolute Gasteiger partial charge is 0.451 e. The van der Waals surface area contributed by atoms with Gasteiger partial charge in [0.05, 0.1) is 5.56 Å². The van der Waals surface area contributed by atoms with E-state index in [0.717, 1.165) is 24.3 Å². The van der Waals surface area contributed by atoms with Gasteiger partial charge in [-0.2, -0.15) is 13.2 Å². The van der Waals surface area contributed by atoms with E-state index in [1.807, 2.05) is 0 Å². The van der Waals surface area contributed by atoms with E-state index >= 15 is 0 Å². The van der Waals surface area contributed by atoms with Crippen molar-refractivity contribution in [3.05, 3.63) is 60.6 Å². The summed E-state index contributed by atoms with van der Waals surface area (Å²) in [6.45, 7) is 3.30. The molecule has 1 saturated heterocycles. The minimum Gasteiger partial charge on any atom is -0.451 e. The molecule has 2 aromatic rings. The molecule has 1 aliphatic heterocycles. The summed E-state index contributed by atoms with van der Waals surface area (Å²) < 4.78 is 55.6. The molecule has 0 N–H and O–H groups in total. The first-order valence-electron chi connectivity index (χ1n) is 7.70. The Morgan fingerprint density at radius 2 is 1.96 bits per heavy atom. The van der Waals surface area contributed by atoms with Gasteiger partial charge in [-0.25, -0.2) is 9.37 Å². The van der Waals surface area contributed by atoms with Crippen LogP contribution in [0, 0.1) is 5.92 Å². The number of benzene rings is 1. The molecule has 1 amide bonds. The number of oxime groups is 1. The molecule has 2 heterocycles. The number of hydrogen-bond donors (Lipinski definition) is 0. The van der Waals surface area contributed by atoms with Crippen molar-refractivity contribution in [3.8, 4) is 5.75 Å². The molecule has 6 nitrogen and oxygen atoms in total. The molecular formula is C17H13F4N3O3. The van der Waals surface area contributed by atoms with E-state index in [2.05, 4.69) is 16.7 Å². The van der Waals surface area contributed by atoms with Gasteiger partial charge in [-0.3, -0.25) is 4.79 Å². The van der Waals surface area contributed by atoms with E-state index in [4.69, 9.17) is 9.25 Å². The molecule has 27 heavy (non-hydrogen) atoms. The first-order chi connectivity index (χ1) is 12.8. The average Bonchev–Trinajstić information content (AvgIpc) is 3.10. The van der Waals surface area contributed by atoms with Gasteiger partial charge in [0.1, 0.15) is 17.7 Å². The molecule has 0 spiro atoms. The molecule has 0 unspecified atom stereocenters. The Morgan fingerprint density at radius 1 is 1.30 bits per heavy atom. The average molecular weight is 383 g/mol. The van der Waals surface area contributed by atoms with Crippen molar-refractivity contribution >= 4 is 11.6 Å². The number of carbonyl (C=O) groups is 1. The smallest absolute Gasteiger partial charge is 0.416 e. The molecule has 1 aliphatic rings. The lowest BCUT2D eigenvalue weighted by molar-refractivity contribution is -0.137. The van der Waals surface area contributed by atoms with Crippen LogP contribution in [0.15, 0.2) is 58.9 Å². The van der Waals surface area contributed by atoms with Gasteiger partial charge in [-0.05, 0) is 24.3 Å². The molecule has 0 bridgehead atoms. The van der Waals surface area contributed by atoms with Crippen molar-refractivity contribution in [2.24, 2.45) is 11.1 Å². The molecule has 142 valence electrons. The highest BCUT2D eigenvalue weighted by Crippen LogP contribution is 2.30. The maximum absolute atomic E-state index is 12.9. The van der Waals surface area contributed by atoms with E-state index in [1.54, 1.807) is 0 Å². The Morgan fingerprint density at radius 3 is 2.48 bits per heavy atom. The first kappa shape index (κ1) is 18.6. The second-order valence-electron chi connectivity index (χ2n) is 5.78. The molecule has 1 fully saturated rings. The zero-order valence-corrected chi connectivity index (χ0v) is 13.7. The van der Waals surface area contributed by atoms with Crippen molar-refractivity contribution in [1.29, 1.82) is 0 Å². The zero-order chi connectivity index (χ0) is 19.6. The third kappa shape index (κ3) is 4.15. The van der Waals surface area contributed by atoms with Crippen LogP contribution in [-0.2, 0) is 11.0 Å². The minimum atomic E-state index is -4.45. The van der Waals surface area contributed by atoms with Gasteiger partial charge < -0.3 is 14.2 Å². The van der Waals surface area contributed by atoms with Crippen LogP contribution in [0.2, 0.25) is 0 Å². The highest BCUT2D eigenvalue weighted by molar-refractivity contribution is 6.02. The number of aromatic nitrogens is 1. The van der Waals surface area contributed by atoms with Gasteiger partial charge in [0, 0.05) is 19.0 Å². The molecule has 0 atom stereocenters. The fourth-order valence-corrected chi connectivity index (χ4v) is 2.47. The predicted octanol–water partition coefficient (Wildman–Crippen LogP) is 3.42. The van der Waals surface area contributed by atoms with Gasteiger partial charge in [0.25, 0.3) is 5.91 Å². The zero-order valence-electron chi connectivity index (χ0n) is 13.7. The van der Waals surface area contributed by atoms with Crippen molar-refractivity contribution in [2.45, 2.75) is 6.18 Å². The van der Waals surface area contributed by atoms with E-state index in [-0.39, 0.29) is 24.8 Å². The maximum atomic E-state index is 12.9. The van der Waals surface area contributed by atoms with Crippen molar-refractivity contribution in [1.82, 2.24) is 9.88 Å². The lowest BCUT2D eigenvalue weighted by atomic mass is 9.92. The lowest BCUT2D eigenvalue weighted by Crippen LogP contribution is -2.53. The lowest BCUT2D eigenvalue weighted by Gasteiger charge is -2.38. The summed E-state index contributed by atoms with van der Waals surface area (Å²) in [6, 6.07) is 4.02. The number of carbonyl (C=O) groups excluding carboxylic acids is 1. The fraction of sp³-hybridized carbons (Fsp3) is 0.235. The number of amides is 1. The molecule has 10 heteroatoms. The fourth-order valence-electron chi connectivity index (χ4n) is 2.47. The molecule has 3 rings (SSSR count). The Bertz CT molecular complexity index is 855. The predicted molar refractivity (Wildman–Crippen MR) is 85.4 cm³/mol. The summed E-state index contributed by atoms with van der Waals surface area (Å²) in [5.74, 6) is -2.08. The van der Waals surface area contributed by atoms with Gasteiger partial charge in [-0.15, -0.1) is 0 Å². The van der Waals surface area contributed by atoms with Gasteiger partial charge in [0.2, 0.25) is 0 Å². The quantitative estimate of drug-likeness (QED) is 0.343. The van der Waals surface area contributed by atoms with E-state index < -0.39 is 23.5 Å². The van der Waals surface area contributed by atoms with E-state index in [9.17, 15) is 22.4 Å². The third-order valence-electron chi connectivity index (χ3n) is 3.91. The van der Waals surface area contributed by atoms with E-state index in [0.29, 0.717) is 11.4 Å². The third-order valence-corrected chi connectivity index (χ3v) is 3.91. The number of oxazole rings is 1. The minimum absolute atomic E-state index is 0.0911. The molecule has 1 aromatic carbocycles. The van der Waals surface area contributed by atoms with Gasteiger partial charge in [0.15, 0.2) is 18.0 Å². The second kappa shape index (κ2) is 7.22. The normalized spacial score (nSPS) is 15.4. The maximum Gasteiger partial charge on any atom is 0.416 e. The molecule has 0 radical (unpaired) electrons. The highest BCUT2D eigenvalue weighted by Gasteiger charge is 2.37. The summed E-state index contributed by atoms with van der Waals surface area (Å²) in [5.41, 5.74) is -0.134. The highest BCUT2D eigenvalue weighted by atomic mass is 19.4. The van der Waals surface area contributed by atoms with Crippen LogP contribution >= 0.6 is 0 Å². The Balaban J connectivity index is 1.73. The topological polar surface area (TPSA) is 67.9 Å². The van der Waals surface area contributed by atoms with Crippen LogP contribution in [0.1, 0.15) is 11.3 Å². The number of hydrogen-bond acceptors (Lipinski definition) is 5. The molecule has 0 aliphatic carbocycles. The summed E-state index contributed by atoms with van der Waals surface area (Å²) >= 11 is 0. The second-order valence-corrected chi connectivity index (χ2v) is 5.78. The van der Waals surface area contributed by atoms with Crippen LogP contribution in [0.4, 0.5) is 17.6 Å². The molecule has 0 saturated carbocycles. The summed E-state index contributed by atoms with van der Waals surface area (Å²) in [5, 5.41) is 3.95. The van der Waals surface area contributed by atoms with Crippen LogP contribution in [0.5, 0.6) is 5.75 Å². The first-order valence-corrected chi connectivity index (χ1v) is 7.70. The molecule has 1 aromatic heterocycles. The number of halogens is 4. The van der Waals surface area contributed by atoms with Crippen LogP contribution < -0.4 is 4.84 Å². The van der Waals surface area contributed by atoms with Crippen LogP contribution in [0.3, 0.4) is 0 Å². The monoisotopic (exact) mass is 383 g/mol.